The zero-order valence-corrected chi connectivity index (χ0v) is 11.4. The molecule has 0 bridgehead atoms. The predicted molar refractivity (Wildman–Crippen MR) is 73.1 cm³/mol. The van der Waals surface area contributed by atoms with E-state index in [1.165, 1.54) is 18.2 Å². The Morgan fingerprint density at radius 2 is 1.62 bits per heavy atom. The van der Waals surface area contributed by atoms with Gasteiger partial charge >= 0.3 is 6.18 Å². The summed E-state index contributed by atoms with van der Waals surface area (Å²) >= 11 is 0. The van der Waals surface area contributed by atoms with E-state index in [0.717, 1.165) is 6.07 Å². The standard InChI is InChI=1S/C16H15F4N/c1-11(13-7-3-5-9-15(13)17)21-10-12-6-2-4-8-14(12)16(18,19)20/h2-9,11,21H,10H2,1H3. The molecule has 1 nitrogen and oxygen atoms in total. The van der Waals surface area contributed by atoms with Crippen molar-refractivity contribution in [2.75, 3.05) is 0 Å². The molecule has 5 heteroatoms. The molecule has 0 spiro atoms. The van der Waals surface area contributed by atoms with Crippen LogP contribution in [0.3, 0.4) is 0 Å². The minimum atomic E-state index is -4.39. The highest BCUT2D eigenvalue weighted by molar-refractivity contribution is 5.30. The molecular formula is C16H15F4N. The number of halogens is 4. The maximum atomic E-state index is 13.6. The van der Waals surface area contributed by atoms with Gasteiger partial charge in [-0.2, -0.15) is 13.2 Å². The number of hydrogen-bond acceptors (Lipinski definition) is 1. The van der Waals surface area contributed by atoms with Gasteiger partial charge in [-0.1, -0.05) is 36.4 Å². The van der Waals surface area contributed by atoms with Gasteiger partial charge in [0.1, 0.15) is 5.82 Å². The zero-order valence-electron chi connectivity index (χ0n) is 11.4. The molecule has 2 aromatic carbocycles. The van der Waals surface area contributed by atoms with Crippen molar-refractivity contribution in [2.45, 2.75) is 25.7 Å². The molecule has 2 rings (SSSR count). The van der Waals surface area contributed by atoms with Crippen LogP contribution >= 0.6 is 0 Å². The van der Waals surface area contributed by atoms with Crippen molar-refractivity contribution in [2.24, 2.45) is 0 Å². The van der Waals surface area contributed by atoms with Gasteiger partial charge in [-0.3, -0.25) is 0 Å². The highest BCUT2D eigenvalue weighted by Crippen LogP contribution is 2.32. The van der Waals surface area contributed by atoms with E-state index in [4.69, 9.17) is 0 Å². The van der Waals surface area contributed by atoms with E-state index in [1.807, 2.05) is 0 Å². The molecule has 0 amide bonds. The maximum Gasteiger partial charge on any atom is 0.416 e. The molecule has 0 aliphatic rings. The van der Waals surface area contributed by atoms with E-state index in [1.54, 1.807) is 31.2 Å². The average molecular weight is 297 g/mol. The van der Waals surface area contributed by atoms with Crippen LogP contribution in [0.1, 0.15) is 29.7 Å². The van der Waals surface area contributed by atoms with Gasteiger partial charge in [0.05, 0.1) is 5.56 Å². The van der Waals surface area contributed by atoms with Crippen LogP contribution in [0.2, 0.25) is 0 Å². The number of benzene rings is 2. The fourth-order valence-corrected chi connectivity index (χ4v) is 2.15. The second-order valence-electron chi connectivity index (χ2n) is 4.78. The van der Waals surface area contributed by atoms with E-state index in [9.17, 15) is 17.6 Å². The molecule has 0 aromatic heterocycles. The van der Waals surface area contributed by atoms with Gasteiger partial charge in [-0.05, 0) is 24.6 Å². The van der Waals surface area contributed by atoms with Crippen LogP contribution in [0, 0.1) is 5.82 Å². The van der Waals surface area contributed by atoms with Crippen LogP contribution < -0.4 is 5.32 Å². The molecule has 0 fully saturated rings. The molecule has 0 saturated carbocycles. The summed E-state index contributed by atoms with van der Waals surface area (Å²) in [5, 5.41) is 2.93. The Balaban J connectivity index is 2.12. The molecule has 0 saturated heterocycles. The lowest BCUT2D eigenvalue weighted by Crippen LogP contribution is -2.21. The Labute approximate surface area is 120 Å². The van der Waals surface area contributed by atoms with E-state index >= 15 is 0 Å². The van der Waals surface area contributed by atoms with Crippen molar-refractivity contribution >= 4 is 0 Å². The van der Waals surface area contributed by atoms with Crippen molar-refractivity contribution < 1.29 is 17.6 Å². The minimum Gasteiger partial charge on any atom is -0.306 e. The van der Waals surface area contributed by atoms with Crippen LogP contribution in [0.5, 0.6) is 0 Å². The maximum absolute atomic E-state index is 13.6. The van der Waals surface area contributed by atoms with Gasteiger partial charge in [-0.15, -0.1) is 0 Å². The van der Waals surface area contributed by atoms with E-state index in [0.29, 0.717) is 5.56 Å². The summed E-state index contributed by atoms with van der Waals surface area (Å²) in [6.45, 7) is 1.74. The van der Waals surface area contributed by atoms with E-state index in [2.05, 4.69) is 5.32 Å². The molecule has 1 N–H and O–H groups in total. The van der Waals surface area contributed by atoms with Crippen LogP contribution in [0.4, 0.5) is 17.6 Å². The van der Waals surface area contributed by atoms with Crippen molar-refractivity contribution in [3.8, 4) is 0 Å². The Hall–Kier alpha value is -1.88. The molecule has 1 unspecified atom stereocenters. The van der Waals surface area contributed by atoms with Crippen molar-refractivity contribution in [1.29, 1.82) is 0 Å². The second kappa shape index (κ2) is 6.26. The first-order valence-electron chi connectivity index (χ1n) is 6.52. The smallest absolute Gasteiger partial charge is 0.306 e. The molecule has 1 atom stereocenters. The summed E-state index contributed by atoms with van der Waals surface area (Å²) < 4.78 is 52.2. The molecule has 0 aliphatic heterocycles. The highest BCUT2D eigenvalue weighted by atomic mass is 19.4. The van der Waals surface area contributed by atoms with Gasteiger partial charge in [0.15, 0.2) is 0 Å². The predicted octanol–water partition coefficient (Wildman–Crippen LogP) is 4.70. The third-order valence-corrected chi connectivity index (χ3v) is 3.29. The summed E-state index contributed by atoms with van der Waals surface area (Å²) in [4.78, 5) is 0. The third-order valence-electron chi connectivity index (χ3n) is 3.29. The zero-order chi connectivity index (χ0) is 15.5. The number of rotatable bonds is 4. The normalized spacial score (nSPS) is 13.2. The topological polar surface area (TPSA) is 12.0 Å². The Kier molecular flexibility index (Phi) is 4.63. The monoisotopic (exact) mass is 297 g/mol. The fourth-order valence-electron chi connectivity index (χ4n) is 2.15. The summed E-state index contributed by atoms with van der Waals surface area (Å²) in [7, 11) is 0. The number of hydrogen-bond donors (Lipinski definition) is 1. The van der Waals surface area contributed by atoms with Crippen LogP contribution in [0.25, 0.3) is 0 Å². The fraction of sp³-hybridized carbons (Fsp3) is 0.250. The van der Waals surface area contributed by atoms with Gasteiger partial charge < -0.3 is 5.32 Å². The Morgan fingerprint density at radius 1 is 1.00 bits per heavy atom. The minimum absolute atomic E-state index is 0.0190. The quantitative estimate of drug-likeness (QED) is 0.807. The molecule has 112 valence electrons. The first kappa shape index (κ1) is 15.5. The lowest BCUT2D eigenvalue weighted by atomic mass is 10.0. The average Bonchev–Trinajstić information content (AvgIpc) is 2.44. The van der Waals surface area contributed by atoms with Crippen molar-refractivity contribution in [1.82, 2.24) is 5.32 Å². The SMILES string of the molecule is CC(NCc1ccccc1C(F)(F)F)c1ccccc1F. The Bertz CT molecular complexity index is 607. The van der Waals surface area contributed by atoms with E-state index in [-0.39, 0.29) is 24.0 Å². The van der Waals surface area contributed by atoms with Gasteiger partial charge in [0.25, 0.3) is 0 Å². The molecule has 0 aliphatic carbocycles. The van der Waals surface area contributed by atoms with Gasteiger partial charge in [-0.25, -0.2) is 4.39 Å². The van der Waals surface area contributed by atoms with Gasteiger partial charge in [0, 0.05) is 18.2 Å². The summed E-state index contributed by atoms with van der Waals surface area (Å²) in [6.07, 6.45) is -4.39. The van der Waals surface area contributed by atoms with Gasteiger partial charge in [0.2, 0.25) is 0 Å². The summed E-state index contributed by atoms with van der Waals surface area (Å²) in [5.41, 5.74) is -0.0894. The van der Waals surface area contributed by atoms with Crippen molar-refractivity contribution in [3.63, 3.8) is 0 Å². The molecule has 2 aromatic rings. The summed E-state index contributed by atoms with van der Waals surface area (Å²) in [6, 6.07) is 11.2. The lowest BCUT2D eigenvalue weighted by Gasteiger charge is -2.17. The first-order valence-corrected chi connectivity index (χ1v) is 6.52. The van der Waals surface area contributed by atoms with E-state index < -0.39 is 11.7 Å². The molecule has 0 heterocycles. The van der Waals surface area contributed by atoms with Crippen LogP contribution in [-0.4, -0.2) is 0 Å². The summed E-state index contributed by atoms with van der Waals surface area (Å²) in [5.74, 6) is -0.374. The lowest BCUT2D eigenvalue weighted by molar-refractivity contribution is -0.138. The second-order valence-corrected chi connectivity index (χ2v) is 4.78. The molecule has 0 radical (unpaired) electrons. The van der Waals surface area contributed by atoms with Crippen molar-refractivity contribution in [3.05, 3.63) is 71.0 Å². The van der Waals surface area contributed by atoms with Crippen LogP contribution in [-0.2, 0) is 12.7 Å². The largest absolute Gasteiger partial charge is 0.416 e. The third kappa shape index (κ3) is 3.82. The number of nitrogens with one attached hydrogen (secondary N) is 1. The Morgan fingerprint density at radius 3 is 2.29 bits per heavy atom. The molecular weight excluding hydrogens is 282 g/mol. The highest BCUT2D eigenvalue weighted by Gasteiger charge is 2.32. The van der Waals surface area contributed by atoms with Crippen LogP contribution in [0.15, 0.2) is 48.5 Å². The molecule has 21 heavy (non-hydrogen) atoms. The first-order chi connectivity index (χ1) is 9.89. The number of alkyl halides is 3.